The zero-order valence-electron chi connectivity index (χ0n) is 12.3. The number of hydrogen-bond donors (Lipinski definition) is 2. The number of sulfonamides is 1. The number of anilines is 1. The SMILES string of the molecule is CC(C)NS(=O)(=O)c1ccccc1NC1CCS(=O)CC1. The molecule has 5 nitrogen and oxygen atoms in total. The molecule has 0 bridgehead atoms. The number of nitrogens with one attached hydrogen (secondary N) is 2. The maximum Gasteiger partial charge on any atom is 0.242 e. The Morgan fingerprint density at radius 1 is 1.19 bits per heavy atom. The van der Waals surface area contributed by atoms with Crippen LogP contribution in [0.4, 0.5) is 5.69 Å². The molecular formula is C14H22N2O3S2. The lowest BCUT2D eigenvalue weighted by molar-refractivity contribution is 0.569. The van der Waals surface area contributed by atoms with Crippen LogP contribution in [0.2, 0.25) is 0 Å². The molecule has 0 spiro atoms. The van der Waals surface area contributed by atoms with Gasteiger partial charge in [-0.15, -0.1) is 0 Å². The van der Waals surface area contributed by atoms with Crippen molar-refractivity contribution in [3.05, 3.63) is 24.3 Å². The highest BCUT2D eigenvalue weighted by Gasteiger charge is 2.22. The van der Waals surface area contributed by atoms with Crippen molar-refractivity contribution >= 4 is 26.5 Å². The summed E-state index contributed by atoms with van der Waals surface area (Å²) in [5, 5.41) is 3.30. The molecule has 2 rings (SSSR count). The average molecular weight is 330 g/mol. The Balaban J connectivity index is 2.19. The molecule has 0 radical (unpaired) electrons. The van der Waals surface area contributed by atoms with E-state index in [2.05, 4.69) is 10.0 Å². The third-order valence-electron chi connectivity index (χ3n) is 3.32. The smallest absolute Gasteiger partial charge is 0.242 e. The molecule has 1 saturated heterocycles. The van der Waals surface area contributed by atoms with E-state index < -0.39 is 20.8 Å². The molecule has 1 aromatic rings. The van der Waals surface area contributed by atoms with Crippen LogP contribution in [0.1, 0.15) is 26.7 Å². The van der Waals surface area contributed by atoms with Gasteiger partial charge in [0.2, 0.25) is 10.0 Å². The second-order valence-corrected chi connectivity index (χ2v) is 8.92. The predicted octanol–water partition coefficient (Wildman–Crippen LogP) is 1.70. The zero-order valence-corrected chi connectivity index (χ0v) is 14.0. The van der Waals surface area contributed by atoms with Gasteiger partial charge in [-0.1, -0.05) is 12.1 Å². The fourth-order valence-corrected chi connectivity index (χ4v) is 5.07. The summed E-state index contributed by atoms with van der Waals surface area (Å²) in [5.74, 6) is 1.35. The fourth-order valence-electron chi connectivity index (χ4n) is 2.35. The van der Waals surface area contributed by atoms with Crippen LogP contribution in [0, 0.1) is 0 Å². The normalized spacial score (nSPS) is 23.2. The first-order valence-corrected chi connectivity index (χ1v) is 10.1. The van der Waals surface area contributed by atoms with Crippen molar-refractivity contribution in [3.8, 4) is 0 Å². The molecule has 1 aliphatic heterocycles. The molecule has 7 heteroatoms. The summed E-state index contributed by atoms with van der Waals surface area (Å²) >= 11 is 0. The number of rotatable bonds is 5. The first-order chi connectivity index (χ1) is 9.88. The summed E-state index contributed by atoms with van der Waals surface area (Å²) in [4.78, 5) is 0.269. The highest BCUT2D eigenvalue weighted by atomic mass is 32.2. The van der Waals surface area contributed by atoms with E-state index in [9.17, 15) is 12.6 Å². The number of para-hydroxylation sites is 1. The maximum absolute atomic E-state index is 12.4. The van der Waals surface area contributed by atoms with Gasteiger partial charge in [-0.05, 0) is 38.8 Å². The Kier molecular flexibility index (Phi) is 5.40. The molecule has 1 fully saturated rings. The molecule has 1 aromatic carbocycles. The summed E-state index contributed by atoms with van der Waals surface area (Å²) in [6, 6.07) is 6.95. The van der Waals surface area contributed by atoms with E-state index in [-0.39, 0.29) is 17.0 Å². The zero-order chi connectivity index (χ0) is 15.5. The van der Waals surface area contributed by atoms with E-state index in [0.29, 0.717) is 17.2 Å². The van der Waals surface area contributed by atoms with Crippen LogP contribution >= 0.6 is 0 Å². The molecule has 2 N–H and O–H groups in total. The van der Waals surface area contributed by atoms with Gasteiger partial charge in [0.25, 0.3) is 0 Å². The second-order valence-electron chi connectivity index (χ2n) is 5.54. The van der Waals surface area contributed by atoms with Gasteiger partial charge in [-0.25, -0.2) is 13.1 Å². The molecule has 0 saturated carbocycles. The molecule has 0 unspecified atom stereocenters. The highest BCUT2D eigenvalue weighted by Crippen LogP contribution is 2.24. The molecule has 21 heavy (non-hydrogen) atoms. The first-order valence-electron chi connectivity index (χ1n) is 7.11. The van der Waals surface area contributed by atoms with E-state index in [1.165, 1.54) is 0 Å². The van der Waals surface area contributed by atoms with E-state index in [0.717, 1.165) is 12.8 Å². The molecule has 1 aliphatic rings. The maximum atomic E-state index is 12.4. The second kappa shape index (κ2) is 6.89. The quantitative estimate of drug-likeness (QED) is 0.861. The minimum Gasteiger partial charge on any atom is -0.381 e. The van der Waals surface area contributed by atoms with Crippen LogP contribution in [0.25, 0.3) is 0 Å². The topological polar surface area (TPSA) is 75.3 Å². The van der Waals surface area contributed by atoms with Crippen LogP contribution < -0.4 is 10.0 Å². The Bertz CT molecular complexity index is 604. The van der Waals surface area contributed by atoms with E-state index in [4.69, 9.17) is 0 Å². The van der Waals surface area contributed by atoms with Gasteiger partial charge >= 0.3 is 0 Å². The summed E-state index contributed by atoms with van der Waals surface area (Å²) in [6.07, 6.45) is 1.61. The molecule has 118 valence electrons. The summed E-state index contributed by atoms with van der Waals surface area (Å²) in [6.45, 7) is 3.59. The van der Waals surface area contributed by atoms with Gasteiger partial charge in [0.1, 0.15) is 4.90 Å². The Hall–Kier alpha value is -0.920. The third-order valence-corrected chi connectivity index (χ3v) is 6.41. The third kappa shape index (κ3) is 4.52. The summed E-state index contributed by atoms with van der Waals surface area (Å²) < 4.78 is 38.7. The van der Waals surface area contributed by atoms with Gasteiger partial charge in [0.05, 0.1) is 5.69 Å². The number of benzene rings is 1. The highest BCUT2D eigenvalue weighted by molar-refractivity contribution is 7.89. The van der Waals surface area contributed by atoms with Crippen LogP contribution in [0.15, 0.2) is 29.2 Å². The largest absolute Gasteiger partial charge is 0.381 e. The minimum atomic E-state index is -3.52. The molecule has 0 aliphatic carbocycles. The minimum absolute atomic E-state index is 0.153. The van der Waals surface area contributed by atoms with Crippen LogP contribution in [0.3, 0.4) is 0 Å². The molecule has 1 heterocycles. The lowest BCUT2D eigenvalue weighted by Crippen LogP contribution is -2.33. The molecular weight excluding hydrogens is 308 g/mol. The van der Waals surface area contributed by atoms with Crippen molar-refractivity contribution < 1.29 is 12.6 Å². The van der Waals surface area contributed by atoms with E-state index in [1.807, 2.05) is 6.07 Å². The van der Waals surface area contributed by atoms with Gasteiger partial charge in [-0.2, -0.15) is 0 Å². The van der Waals surface area contributed by atoms with Crippen molar-refractivity contribution in [1.29, 1.82) is 0 Å². The van der Waals surface area contributed by atoms with Crippen molar-refractivity contribution in [3.63, 3.8) is 0 Å². The number of hydrogen-bond acceptors (Lipinski definition) is 4. The summed E-state index contributed by atoms with van der Waals surface area (Å²) in [7, 11) is -4.24. The van der Waals surface area contributed by atoms with Crippen LogP contribution in [-0.2, 0) is 20.8 Å². The molecule has 0 aromatic heterocycles. The van der Waals surface area contributed by atoms with Crippen LogP contribution in [-0.4, -0.2) is 36.2 Å². The van der Waals surface area contributed by atoms with Crippen LogP contribution in [0.5, 0.6) is 0 Å². The van der Waals surface area contributed by atoms with Crippen molar-refractivity contribution in [1.82, 2.24) is 4.72 Å². The van der Waals surface area contributed by atoms with Crippen molar-refractivity contribution in [2.75, 3.05) is 16.8 Å². The monoisotopic (exact) mass is 330 g/mol. The standard InChI is InChI=1S/C14H22N2O3S2/c1-11(2)16-21(18,19)14-6-4-3-5-13(14)15-12-7-9-20(17)10-8-12/h3-6,11-12,15-16H,7-10H2,1-2H3. The first kappa shape index (κ1) is 16.5. The Labute approximate surface area is 129 Å². The Morgan fingerprint density at radius 3 is 2.43 bits per heavy atom. The van der Waals surface area contributed by atoms with Gasteiger partial charge in [0.15, 0.2) is 0 Å². The predicted molar refractivity (Wildman–Crippen MR) is 86.4 cm³/mol. The van der Waals surface area contributed by atoms with E-state index >= 15 is 0 Å². The van der Waals surface area contributed by atoms with Gasteiger partial charge in [0, 0.05) is 34.4 Å². The van der Waals surface area contributed by atoms with Crippen molar-refractivity contribution in [2.24, 2.45) is 0 Å². The molecule has 0 atom stereocenters. The summed E-state index contributed by atoms with van der Waals surface area (Å²) in [5.41, 5.74) is 0.614. The van der Waals surface area contributed by atoms with Gasteiger partial charge < -0.3 is 5.32 Å². The lowest BCUT2D eigenvalue weighted by atomic mass is 10.1. The fraction of sp³-hybridized carbons (Fsp3) is 0.571. The Morgan fingerprint density at radius 2 is 1.81 bits per heavy atom. The van der Waals surface area contributed by atoms with E-state index in [1.54, 1.807) is 32.0 Å². The van der Waals surface area contributed by atoms with Crippen molar-refractivity contribution in [2.45, 2.75) is 43.7 Å². The average Bonchev–Trinajstić information content (AvgIpc) is 2.40. The van der Waals surface area contributed by atoms with Gasteiger partial charge in [-0.3, -0.25) is 4.21 Å². The lowest BCUT2D eigenvalue weighted by Gasteiger charge is -2.25. The molecule has 0 amide bonds.